The predicted octanol–water partition coefficient (Wildman–Crippen LogP) is 1.44. The van der Waals surface area contributed by atoms with Crippen molar-refractivity contribution in [2.45, 2.75) is 18.7 Å². The fourth-order valence-electron chi connectivity index (χ4n) is 0.937. The fraction of sp³-hybridized carbons (Fsp3) is 0.333. The SMILES string of the molecule is CO[P]([O-])([O-])Sc1ccc(C)c(C)c1. The Labute approximate surface area is 88.4 Å². The molecule has 0 aliphatic rings. The van der Waals surface area contributed by atoms with E-state index in [0.717, 1.165) is 22.5 Å². The normalized spacial score (nSPS) is 11.8. The van der Waals surface area contributed by atoms with Gasteiger partial charge in [-0.05, 0) is 37.1 Å². The summed E-state index contributed by atoms with van der Waals surface area (Å²) in [4.78, 5) is 23.0. The largest absolute Gasteiger partial charge is 0.815 e. The first-order chi connectivity index (χ1) is 6.44. The molecule has 14 heavy (non-hydrogen) atoms. The van der Waals surface area contributed by atoms with E-state index in [-0.39, 0.29) is 0 Å². The number of rotatable bonds is 3. The summed E-state index contributed by atoms with van der Waals surface area (Å²) in [6, 6.07) is 5.51. The lowest BCUT2D eigenvalue weighted by Gasteiger charge is -2.47. The van der Waals surface area contributed by atoms with Crippen LogP contribution in [0, 0.1) is 13.8 Å². The second-order valence-corrected chi connectivity index (χ2v) is 6.77. The van der Waals surface area contributed by atoms with E-state index in [1.165, 1.54) is 7.11 Å². The first-order valence-electron chi connectivity index (χ1n) is 4.08. The maximum absolute atomic E-state index is 11.1. The van der Waals surface area contributed by atoms with Crippen LogP contribution >= 0.6 is 18.5 Å². The zero-order valence-corrected chi connectivity index (χ0v) is 10.0. The molecule has 0 saturated heterocycles. The molecule has 0 heterocycles. The minimum Gasteiger partial charge on any atom is -0.815 e. The summed E-state index contributed by atoms with van der Waals surface area (Å²) in [5.41, 5.74) is 2.22. The van der Waals surface area contributed by atoms with Crippen LogP contribution in [0.3, 0.4) is 0 Å². The molecule has 0 unspecified atom stereocenters. The van der Waals surface area contributed by atoms with Crippen LogP contribution in [-0.2, 0) is 4.52 Å². The quantitative estimate of drug-likeness (QED) is 0.738. The molecule has 0 saturated carbocycles. The van der Waals surface area contributed by atoms with E-state index in [0.29, 0.717) is 4.90 Å². The van der Waals surface area contributed by atoms with Crippen molar-refractivity contribution >= 4 is 18.5 Å². The second-order valence-electron chi connectivity index (χ2n) is 2.97. The highest BCUT2D eigenvalue weighted by atomic mass is 32.7. The molecule has 79 valence electrons. The van der Waals surface area contributed by atoms with Crippen molar-refractivity contribution < 1.29 is 14.3 Å². The van der Waals surface area contributed by atoms with Gasteiger partial charge in [-0.15, -0.1) is 18.5 Å². The molecule has 1 aromatic carbocycles. The summed E-state index contributed by atoms with van der Waals surface area (Å²) in [5, 5.41) is 0. The maximum atomic E-state index is 11.1. The Morgan fingerprint density at radius 2 is 1.86 bits per heavy atom. The Morgan fingerprint density at radius 1 is 1.21 bits per heavy atom. The van der Waals surface area contributed by atoms with Crippen molar-refractivity contribution in [1.29, 1.82) is 0 Å². The molecular formula is C9H12O3PS-2. The van der Waals surface area contributed by atoms with E-state index in [9.17, 15) is 9.79 Å². The maximum Gasteiger partial charge on any atom is 0.0372 e. The highest BCUT2D eigenvalue weighted by molar-refractivity contribution is 8.56. The minimum atomic E-state index is -3.76. The van der Waals surface area contributed by atoms with Crippen molar-refractivity contribution in [3.05, 3.63) is 29.3 Å². The number of hydrogen-bond donors (Lipinski definition) is 0. The highest BCUT2D eigenvalue weighted by Gasteiger charge is 2.02. The van der Waals surface area contributed by atoms with Crippen molar-refractivity contribution in [3.8, 4) is 0 Å². The van der Waals surface area contributed by atoms with Gasteiger partial charge in [-0.2, -0.15) is 0 Å². The van der Waals surface area contributed by atoms with E-state index in [2.05, 4.69) is 4.52 Å². The zero-order chi connectivity index (χ0) is 10.8. The fourth-order valence-corrected chi connectivity index (χ4v) is 2.97. The van der Waals surface area contributed by atoms with Crippen LogP contribution in [0.1, 0.15) is 11.1 Å². The number of aryl methyl sites for hydroxylation is 2. The molecule has 0 N–H and O–H groups in total. The molecule has 0 bridgehead atoms. The Balaban J connectivity index is 2.83. The third kappa shape index (κ3) is 3.23. The molecule has 0 spiro atoms. The van der Waals surface area contributed by atoms with Gasteiger partial charge in [0.2, 0.25) is 0 Å². The Bertz CT molecular complexity index is 328. The average molecular weight is 231 g/mol. The standard InChI is InChI=1S/C9H12O3PS/c1-7-4-5-9(6-8(7)2)14-13(10,11)12-3/h4-6H,1-3H3/q-2. The lowest BCUT2D eigenvalue weighted by atomic mass is 10.1. The van der Waals surface area contributed by atoms with E-state index >= 15 is 0 Å². The summed E-state index contributed by atoms with van der Waals surface area (Å²) in [6.45, 7) is 3.93. The smallest absolute Gasteiger partial charge is 0.0372 e. The van der Waals surface area contributed by atoms with Crippen molar-refractivity contribution in [2.24, 2.45) is 0 Å². The second kappa shape index (κ2) is 4.60. The van der Waals surface area contributed by atoms with E-state index in [4.69, 9.17) is 0 Å². The summed E-state index contributed by atoms with van der Waals surface area (Å²) in [6.07, 6.45) is 0. The molecule has 5 heteroatoms. The molecule has 3 nitrogen and oxygen atoms in total. The van der Waals surface area contributed by atoms with Crippen molar-refractivity contribution in [2.75, 3.05) is 7.11 Å². The topological polar surface area (TPSA) is 55.3 Å². The van der Waals surface area contributed by atoms with Crippen LogP contribution in [0.15, 0.2) is 23.1 Å². The third-order valence-electron chi connectivity index (χ3n) is 1.92. The molecule has 1 rings (SSSR count). The minimum absolute atomic E-state index is 0.688. The highest BCUT2D eigenvalue weighted by Crippen LogP contribution is 2.58. The molecule has 0 aliphatic carbocycles. The lowest BCUT2D eigenvalue weighted by Crippen LogP contribution is -2.19. The first-order valence-corrected chi connectivity index (χ1v) is 7.04. The summed E-state index contributed by atoms with van der Waals surface area (Å²) in [7, 11) is -2.60. The van der Waals surface area contributed by atoms with Gasteiger partial charge >= 0.3 is 0 Å². The summed E-state index contributed by atoms with van der Waals surface area (Å²) >= 11 is 0.747. The monoisotopic (exact) mass is 231 g/mol. The number of hydrogen-bond acceptors (Lipinski definition) is 4. The molecule has 0 aliphatic heterocycles. The van der Waals surface area contributed by atoms with Crippen LogP contribution in [0.4, 0.5) is 0 Å². The van der Waals surface area contributed by atoms with E-state index < -0.39 is 7.15 Å². The van der Waals surface area contributed by atoms with E-state index in [1.807, 2.05) is 26.0 Å². The van der Waals surface area contributed by atoms with Gasteiger partial charge in [0.05, 0.1) is 0 Å². The predicted molar refractivity (Wildman–Crippen MR) is 55.7 cm³/mol. The summed E-state index contributed by atoms with van der Waals surface area (Å²) in [5.74, 6) is 0. The van der Waals surface area contributed by atoms with Crippen LogP contribution in [0.25, 0.3) is 0 Å². The van der Waals surface area contributed by atoms with Crippen LogP contribution in [-0.4, -0.2) is 7.11 Å². The lowest BCUT2D eigenvalue weighted by molar-refractivity contribution is -0.322. The molecule has 1 radical (unpaired) electrons. The molecule has 0 atom stereocenters. The van der Waals surface area contributed by atoms with Gasteiger partial charge in [-0.25, -0.2) is 0 Å². The Hall–Kier alpha value is -0.120. The van der Waals surface area contributed by atoms with Crippen LogP contribution in [0.5, 0.6) is 0 Å². The van der Waals surface area contributed by atoms with Crippen molar-refractivity contribution in [1.82, 2.24) is 0 Å². The Morgan fingerprint density at radius 3 is 2.36 bits per heavy atom. The summed E-state index contributed by atoms with van der Waals surface area (Å²) < 4.78 is 4.37. The van der Waals surface area contributed by atoms with Gasteiger partial charge in [0.1, 0.15) is 0 Å². The van der Waals surface area contributed by atoms with Gasteiger partial charge in [-0.1, -0.05) is 6.07 Å². The molecule has 1 aromatic rings. The van der Waals surface area contributed by atoms with E-state index in [1.54, 1.807) is 6.07 Å². The average Bonchev–Trinajstić information content (AvgIpc) is 2.11. The van der Waals surface area contributed by atoms with Gasteiger partial charge in [-0.3, -0.25) is 0 Å². The van der Waals surface area contributed by atoms with Crippen LogP contribution in [0.2, 0.25) is 0 Å². The molecule has 0 amide bonds. The molecule has 0 fully saturated rings. The first kappa shape index (κ1) is 12.0. The van der Waals surface area contributed by atoms with Gasteiger partial charge in [0, 0.05) is 12.0 Å². The molecule has 0 aromatic heterocycles. The van der Waals surface area contributed by atoms with Crippen LogP contribution < -0.4 is 9.79 Å². The third-order valence-corrected chi connectivity index (χ3v) is 4.81. The van der Waals surface area contributed by atoms with Crippen molar-refractivity contribution in [3.63, 3.8) is 0 Å². The van der Waals surface area contributed by atoms with Gasteiger partial charge in [0.25, 0.3) is 0 Å². The van der Waals surface area contributed by atoms with Gasteiger partial charge < -0.3 is 14.3 Å². The number of benzene rings is 1. The van der Waals surface area contributed by atoms with Gasteiger partial charge in [0.15, 0.2) is 0 Å². The molecular weight excluding hydrogens is 219 g/mol. The Kier molecular flexibility index (Phi) is 3.93. The zero-order valence-electron chi connectivity index (χ0n) is 8.31.